The van der Waals surface area contributed by atoms with Crippen LogP contribution in [0.5, 0.6) is 0 Å². The normalized spacial score (nSPS) is 23.4. The zero-order valence-corrected chi connectivity index (χ0v) is 14.4. The van der Waals surface area contributed by atoms with Crippen LogP contribution in [0.4, 0.5) is 10.8 Å². The van der Waals surface area contributed by atoms with Crippen molar-refractivity contribution in [2.45, 2.75) is 50.0 Å². The summed E-state index contributed by atoms with van der Waals surface area (Å²) in [5.41, 5.74) is 5.77. The number of sulfonamides is 1. The average molecular weight is 332 g/mol. The van der Waals surface area contributed by atoms with Gasteiger partial charge in [0.15, 0.2) is 10.7 Å². The third-order valence-corrected chi connectivity index (χ3v) is 6.98. The maximum Gasteiger partial charge on any atom is 0.249 e. The second-order valence-electron chi connectivity index (χ2n) is 5.78. The molecule has 2 rings (SSSR count). The molecule has 0 bridgehead atoms. The van der Waals surface area contributed by atoms with Crippen molar-refractivity contribution in [1.29, 1.82) is 0 Å². The second kappa shape index (κ2) is 6.50. The summed E-state index contributed by atoms with van der Waals surface area (Å²) in [5.74, 6) is 0.887. The van der Waals surface area contributed by atoms with Crippen molar-refractivity contribution < 1.29 is 8.42 Å². The number of nitrogens with zero attached hydrogens (tertiary/aromatic N) is 2. The largest absolute Gasteiger partial charge is 0.382 e. The molecule has 0 saturated heterocycles. The summed E-state index contributed by atoms with van der Waals surface area (Å²) < 4.78 is 29.9. The first-order valence-electron chi connectivity index (χ1n) is 7.30. The van der Waals surface area contributed by atoms with E-state index in [-0.39, 0.29) is 10.7 Å². The highest BCUT2D eigenvalue weighted by Crippen LogP contribution is 2.36. The third-order valence-electron chi connectivity index (χ3n) is 4.17. The number of nitrogen functional groups attached to an aromatic ring is 1. The molecule has 8 heteroatoms. The van der Waals surface area contributed by atoms with Crippen molar-refractivity contribution in [2.24, 2.45) is 5.92 Å². The molecule has 0 spiro atoms. The predicted octanol–water partition coefficient (Wildman–Crippen LogP) is 2.36. The van der Waals surface area contributed by atoms with Crippen molar-refractivity contribution in [3.8, 4) is 0 Å². The maximum atomic E-state index is 12.3. The molecule has 0 aromatic carbocycles. The van der Waals surface area contributed by atoms with Gasteiger partial charge in [0.05, 0.1) is 0 Å². The van der Waals surface area contributed by atoms with E-state index in [1.807, 2.05) is 0 Å². The van der Waals surface area contributed by atoms with Gasteiger partial charge in [-0.15, -0.1) is 0 Å². The van der Waals surface area contributed by atoms with Crippen LogP contribution in [-0.2, 0) is 10.0 Å². The van der Waals surface area contributed by atoms with Gasteiger partial charge >= 0.3 is 0 Å². The highest BCUT2D eigenvalue weighted by molar-refractivity contribution is 7.89. The van der Waals surface area contributed by atoms with Gasteiger partial charge in [-0.05, 0) is 43.1 Å². The van der Waals surface area contributed by atoms with Gasteiger partial charge in [-0.25, -0.2) is 12.7 Å². The Morgan fingerprint density at radius 1 is 1.33 bits per heavy atom. The lowest BCUT2D eigenvalue weighted by molar-refractivity contribution is 0.330. The molecule has 1 aromatic rings. The monoisotopic (exact) mass is 332 g/mol. The lowest BCUT2D eigenvalue weighted by Crippen LogP contribution is -2.28. The summed E-state index contributed by atoms with van der Waals surface area (Å²) in [4.78, 5) is 0.120. The van der Waals surface area contributed by atoms with Gasteiger partial charge in [-0.2, -0.15) is 4.37 Å². The number of anilines is 2. The van der Waals surface area contributed by atoms with Crippen molar-refractivity contribution in [1.82, 2.24) is 8.68 Å². The average Bonchev–Trinajstić information content (AvgIpc) is 2.81. The SMILES string of the molecule is CCC1CCC(Nc2snc(N)c2S(=O)(=O)N(C)C)CC1. The van der Waals surface area contributed by atoms with Crippen molar-refractivity contribution in [2.75, 3.05) is 25.1 Å². The number of rotatable bonds is 5. The Morgan fingerprint density at radius 3 is 2.48 bits per heavy atom. The molecule has 1 aliphatic rings. The smallest absolute Gasteiger partial charge is 0.249 e. The first-order chi connectivity index (χ1) is 9.86. The minimum atomic E-state index is -3.57. The van der Waals surface area contributed by atoms with Crippen molar-refractivity contribution in [3.05, 3.63) is 0 Å². The van der Waals surface area contributed by atoms with Crippen LogP contribution in [0, 0.1) is 5.92 Å². The van der Waals surface area contributed by atoms with E-state index in [1.54, 1.807) is 0 Å². The van der Waals surface area contributed by atoms with Crippen LogP contribution in [0.15, 0.2) is 4.90 Å². The molecular weight excluding hydrogens is 308 g/mol. The van der Waals surface area contributed by atoms with Crippen LogP contribution < -0.4 is 11.1 Å². The molecular formula is C13H24N4O2S2. The first-order valence-corrected chi connectivity index (χ1v) is 9.51. The van der Waals surface area contributed by atoms with Crippen LogP contribution in [0.1, 0.15) is 39.0 Å². The highest BCUT2D eigenvalue weighted by Gasteiger charge is 2.29. The Bertz CT molecular complexity index is 575. The molecule has 0 aliphatic heterocycles. The minimum absolute atomic E-state index is 0.0819. The molecule has 0 radical (unpaired) electrons. The Hall–Kier alpha value is -0.860. The summed E-state index contributed by atoms with van der Waals surface area (Å²) in [6.45, 7) is 2.23. The molecule has 21 heavy (non-hydrogen) atoms. The molecule has 1 saturated carbocycles. The summed E-state index contributed by atoms with van der Waals surface area (Å²) in [6.07, 6.45) is 5.74. The van der Waals surface area contributed by atoms with Crippen LogP contribution in [0.2, 0.25) is 0 Å². The Labute approximate surface area is 130 Å². The van der Waals surface area contributed by atoms with E-state index in [0.29, 0.717) is 11.0 Å². The molecule has 1 fully saturated rings. The van der Waals surface area contributed by atoms with Gasteiger partial charge in [-0.3, -0.25) is 0 Å². The second-order valence-corrected chi connectivity index (χ2v) is 8.65. The van der Waals surface area contributed by atoms with E-state index >= 15 is 0 Å². The van der Waals surface area contributed by atoms with Gasteiger partial charge in [0.25, 0.3) is 0 Å². The Kier molecular flexibility index (Phi) is 5.11. The molecule has 0 unspecified atom stereocenters. The number of hydrogen-bond donors (Lipinski definition) is 2. The van der Waals surface area contributed by atoms with Crippen molar-refractivity contribution >= 4 is 32.4 Å². The van der Waals surface area contributed by atoms with Gasteiger partial charge in [0.2, 0.25) is 10.0 Å². The van der Waals surface area contributed by atoms with Crippen LogP contribution in [0.25, 0.3) is 0 Å². The lowest BCUT2D eigenvalue weighted by atomic mass is 9.84. The van der Waals surface area contributed by atoms with Crippen LogP contribution >= 0.6 is 11.5 Å². The number of hydrogen-bond acceptors (Lipinski definition) is 6. The van der Waals surface area contributed by atoms with E-state index < -0.39 is 10.0 Å². The molecule has 6 nitrogen and oxygen atoms in total. The lowest BCUT2D eigenvalue weighted by Gasteiger charge is -2.28. The minimum Gasteiger partial charge on any atom is -0.382 e. The molecule has 120 valence electrons. The zero-order chi connectivity index (χ0) is 15.6. The molecule has 1 heterocycles. The predicted molar refractivity (Wildman–Crippen MR) is 87.1 cm³/mol. The Morgan fingerprint density at radius 2 is 1.95 bits per heavy atom. The summed E-state index contributed by atoms with van der Waals surface area (Å²) in [5, 5.41) is 3.92. The standard InChI is InChI=1S/C13H24N4O2S2/c1-4-9-5-7-10(8-6-9)15-13-11(12(14)16-20-13)21(18,19)17(2)3/h9-10,15H,4-8H2,1-3H3,(H2,14,16). The molecule has 0 atom stereocenters. The van der Waals surface area contributed by atoms with E-state index in [0.717, 1.165) is 30.3 Å². The van der Waals surface area contributed by atoms with Crippen molar-refractivity contribution in [3.63, 3.8) is 0 Å². The third kappa shape index (κ3) is 3.49. The topological polar surface area (TPSA) is 88.3 Å². The molecule has 3 N–H and O–H groups in total. The summed E-state index contributed by atoms with van der Waals surface area (Å²) in [7, 11) is -0.562. The molecule has 0 amide bonds. The van der Waals surface area contributed by atoms with Gasteiger partial charge in [0, 0.05) is 20.1 Å². The Balaban J connectivity index is 2.16. The fourth-order valence-electron chi connectivity index (χ4n) is 2.72. The van der Waals surface area contributed by atoms with Gasteiger partial charge in [0.1, 0.15) is 5.00 Å². The fraction of sp³-hybridized carbons (Fsp3) is 0.769. The van der Waals surface area contributed by atoms with E-state index in [9.17, 15) is 8.42 Å². The van der Waals surface area contributed by atoms with E-state index in [2.05, 4.69) is 16.6 Å². The number of aromatic nitrogens is 1. The van der Waals surface area contributed by atoms with E-state index in [1.165, 1.54) is 37.7 Å². The van der Waals surface area contributed by atoms with Gasteiger partial charge in [-0.1, -0.05) is 13.3 Å². The summed E-state index contributed by atoms with van der Waals surface area (Å²) >= 11 is 1.13. The molecule has 1 aliphatic carbocycles. The fourth-order valence-corrected chi connectivity index (χ4v) is 4.86. The van der Waals surface area contributed by atoms with E-state index in [4.69, 9.17) is 5.73 Å². The number of nitrogens with one attached hydrogen (secondary N) is 1. The van der Waals surface area contributed by atoms with Crippen LogP contribution in [-0.4, -0.2) is 37.2 Å². The first kappa shape index (κ1) is 16.5. The van der Waals surface area contributed by atoms with Gasteiger partial charge < -0.3 is 11.1 Å². The summed E-state index contributed by atoms with van der Waals surface area (Å²) in [6, 6.07) is 0.309. The molecule has 1 aromatic heterocycles. The number of nitrogens with two attached hydrogens (primary N) is 1. The zero-order valence-electron chi connectivity index (χ0n) is 12.8. The maximum absolute atomic E-state index is 12.3. The quantitative estimate of drug-likeness (QED) is 0.864. The highest BCUT2D eigenvalue weighted by atomic mass is 32.2. The van der Waals surface area contributed by atoms with Crippen LogP contribution in [0.3, 0.4) is 0 Å².